The lowest BCUT2D eigenvalue weighted by molar-refractivity contribution is 0.103. The fraction of sp³-hybridized carbons (Fsp3) is 0.231. The van der Waals surface area contributed by atoms with Gasteiger partial charge in [0.05, 0.1) is 5.56 Å². The van der Waals surface area contributed by atoms with Gasteiger partial charge < -0.3 is 4.90 Å². The second-order valence-corrected chi connectivity index (χ2v) is 3.78. The van der Waals surface area contributed by atoms with Crippen LogP contribution in [0.4, 0.5) is 4.39 Å². The first kappa shape index (κ1) is 12.9. The molecule has 0 heterocycles. The molecule has 1 aromatic carbocycles. The second-order valence-electron chi connectivity index (χ2n) is 3.78. The Morgan fingerprint density at radius 2 is 1.94 bits per heavy atom. The maximum absolute atomic E-state index is 13.4. The van der Waals surface area contributed by atoms with Crippen molar-refractivity contribution in [2.45, 2.75) is 6.92 Å². The fourth-order valence-electron chi connectivity index (χ4n) is 1.30. The van der Waals surface area contributed by atoms with E-state index in [4.69, 9.17) is 5.26 Å². The Balaban J connectivity index is 3.27. The zero-order chi connectivity index (χ0) is 13.0. The maximum atomic E-state index is 13.4. The molecule has 1 aromatic rings. The number of carbonyl (C=O) groups is 1. The molecule has 4 heteroatoms. The van der Waals surface area contributed by atoms with Crippen LogP contribution in [0.25, 0.3) is 0 Å². The summed E-state index contributed by atoms with van der Waals surface area (Å²) >= 11 is 0. The molecule has 0 radical (unpaired) electrons. The lowest BCUT2D eigenvalue weighted by Crippen LogP contribution is -2.15. The molecule has 17 heavy (non-hydrogen) atoms. The summed E-state index contributed by atoms with van der Waals surface area (Å²) < 4.78 is 13.4. The van der Waals surface area contributed by atoms with E-state index in [0.717, 1.165) is 0 Å². The number of nitrogens with zero attached hydrogens (tertiary/aromatic N) is 2. The minimum atomic E-state index is -0.614. The van der Waals surface area contributed by atoms with Crippen molar-refractivity contribution in [3.8, 4) is 6.07 Å². The van der Waals surface area contributed by atoms with E-state index < -0.39 is 11.6 Å². The van der Waals surface area contributed by atoms with Gasteiger partial charge in [0.2, 0.25) is 5.78 Å². The van der Waals surface area contributed by atoms with Gasteiger partial charge in [0.1, 0.15) is 17.5 Å². The molecular weight excluding hydrogens is 219 g/mol. The molecule has 0 saturated heterocycles. The minimum Gasteiger partial charge on any atom is -0.380 e. The summed E-state index contributed by atoms with van der Waals surface area (Å²) in [6.07, 6.45) is 0. The lowest BCUT2D eigenvalue weighted by Gasteiger charge is -2.14. The van der Waals surface area contributed by atoms with Crippen LogP contribution < -0.4 is 0 Å². The summed E-state index contributed by atoms with van der Waals surface area (Å²) in [6.45, 7) is 1.65. The van der Waals surface area contributed by atoms with Crippen molar-refractivity contribution < 1.29 is 9.18 Å². The van der Waals surface area contributed by atoms with Crippen LogP contribution in [-0.2, 0) is 0 Å². The lowest BCUT2D eigenvalue weighted by atomic mass is 10.0. The molecule has 0 fully saturated rings. The van der Waals surface area contributed by atoms with Crippen LogP contribution in [0.1, 0.15) is 17.3 Å². The number of rotatable bonds is 3. The van der Waals surface area contributed by atoms with Crippen LogP contribution in [-0.4, -0.2) is 24.8 Å². The third kappa shape index (κ3) is 2.70. The van der Waals surface area contributed by atoms with Gasteiger partial charge in [0.15, 0.2) is 0 Å². The summed E-state index contributed by atoms with van der Waals surface area (Å²) in [7, 11) is 3.45. The number of benzene rings is 1. The molecule has 0 aromatic heterocycles. The average Bonchev–Trinajstić information content (AvgIpc) is 2.30. The summed E-state index contributed by atoms with van der Waals surface area (Å²) in [5.74, 6) is -1.20. The predicted octanol–water partition coefficient (Wildman–Crippen LogP) is 2.37. The molecule has 0 spiro atoms. The highest BCUT2D eigenvalue weighted by atomic mass is 19.1. The highest BCUT2D eigenvalue weighted by Crippen LogP contribution is 2.15. The van der Waals surface area contributed by atoms with Gasteiger partial charge in [0.25, 0.3) is 0 Å². The first-order chi connectivity index (χ1) is 7.99. The molecule has 0 unspecified atom stereocenters. The van der Waals surface area contributed by atoms with Crippen LogP contribution in [0, 0.1) is 17.1 Å². The van der Waals surface area contributed by atoms with Crippen molar-refractivity contribution in [2.75, 3.05) is 14.1 Å². The number of Topliss-reactive ketones (excluding diaryl/α,β-unsaturated/α-hetero) is 1. The van der Waals surface area contributed by atoms with E-state index in [9.17, 15) is 9.18 Å². The van der Waals surface area contributed by atoms with Gasteiger partial charge in [-0.25, -0.2) is 4.39 Å². The molecule has 0 aliphatic carbocycles. The molecule has 0 bridgehead atoms. The summed E-state index contributed by atoms with van der Waals surface area (Å²) in [4.78, 5) is 13.6. The number of hydrogen-bond donors (Lipinski definition) is 0. The first-order valence-corrected chi connectivity index (χ1v) is 5.06. The molecule has 0 N–H and O–H groups in total. The Morgan fingerprint density at radius 1 is 1.35 bits per heavy atom. The Hall–Kier alpha value is -2.15. The van der Waals surface area contributed by atoms with Crippen LogP contribution in [0.3, 0.4) is 0 Å². The molecule has 3 nitrogen and oxygen atoms in total. The third-order valence-corrected chi connectivity index (χ3v) is 2.49. The Bertz CT molecular complexity index is 512. The van der Waals surface area contributed by atoms with E-state index in [2.05, 4.69) is 0 Å². The number of nitriles is 1. The van der Waals surface area contributed by atoms with E-state index in [0.29, 0.717) is 5.70 Å². The summed E-state index contributed by atoms with van der Waals surface area (Å²) in [6, 6.07) is 7.47. The molecule has 0 saturated carbocycles. The van der Waals surface area contributed by atoms with Crippen molar-refractivity contribution in [1.82, 2.24) is 4.90 Å². The molecule has 1 rings (SSSR count). The Labute approximate surface area is 99.8 Å². The second kappa shape index (κ2) is 5.26. The van der Waals surface area contributed by atoms with Crippen molar-refractivity contribution in [2.24, 2.45) is 0 Å². The topological polar surface area (TPSA) is 44.1 Å². The van der Waals surface area contributed by atoms with Crippen molar-refractivity contribution >= 4 is 5.78 Å². The minimum absolute atomic E-state index is 0.0416. The van der Waals surface area contributed by atoms with E-state index in [-0.39, 0.29) is 11.1 Å². The summed E-state index contributed by atoms with van der Waals surface area (Å²) in [5, 5.41) is 8.99. The van der Waals surface area contributed by atoms with Gasteiger partial charge in [-0.15, -0.1) is 0 Å². The van der Waals surface area contributed by atoms with Gasteiger partial charge >= 0.3 is 0 Å². The normalized spacial score (nSPS) is 11.5. The molecule has 0 atom stereocenters. The zero-order valence-corrected chi connectivity index (χ0v) is 9.99. The molecular formula is C13H13FN2O. The van der Waals surface area contributed by atoms with Crippen LogP contribution in [0.5, 0.6) is 0 Å². The van der Waals surface area contributed by atoms with Gasteiger partial charge in [-0.1, -0.05) is 12.1 Å². The van der Waals surface area contributed by atoms with E-state index in [1.54, 1.807) is 32.0 Å². The van der Waals surface area contributed by atoms with E-state index in [1.165, 1.54) is 18.2 Å². The highest BCUT2D eigenvalue weighted by molar-refractivity contribution is 6.11. The summed E-state index contributed by atoms with van der Waals surface area (Å²) in [5.41, 5.74) is 0.395. The van der Waals surface area contributed by atoms with Crippen LogP contribution in [0.15, 0.2) is 35.5 Å². The number of allylic oxidation sites excluding steroid dienone is 2. The van der Waals surface area contributed by atoms with E-state index >= 15 is 0 Å². The highest BCUT2D eigenvalue weighted by Gasteiger charge is 2.18. The Kier molecular flexibility index (Phi) is 4.00. The molecule has 88 valence electrons. The largest absolute Gasteiger partial charge is 0.380 e. The van der Waals surface area contributed by atoms with Crippen molar-refractivity contribution in [3.05, 3.63) is 46.9 Å². The SMILES string of the molecule is CC(=C(C#N)C(=O)c1ccccc1F)N(C)C. The monoisotopic (exact) mass is 232 g/mol. The molecule has 0 aliphatic heterocycles. The quantitative estimate of drug-likeness (QED) is 0.456. The van der Waals surface area contributed by atoms with Gasteiger partial charge in [-0.3, -0.25) is 4.79 Å². The van der Waals surface area contributed by atoms with E-state index in [1.807, 2.05) is 6.07 Å². The van der Waals surface area contributed by atoms with Crippen molar-refractivity contribution in [1.29, 1.82) is 5.26 Å². The third-order valence-electron chi connectivity index (χ3n) is 2.49. The smallest absolute Gasteiger partial charge is 0.208 e. The first-order valence-electron chi connectivity index (χ1n) is 5.06. The molecule has 0 amide bonds. The van der Waals surface area contributed by atoms with Crippen LogP contribution >= 0.6 is 0 Å². The predicted molar refractivity (Wildman–Crippen MR) is 62.7 cm³/mol. The van der Waals surface area contributed by atoms with Crippen molar-refractivity contribution in [3.63, 3.8) is 0 Å². The van der Waals surface area contributed by atoms with Gasteiger partial charge in [0, 0.05) is 19.8 Å². The number of ketones is 1. The van der Waals surface area contributed by atoms with Crippen LogP contribution in [0.2, 0.25) is 0 Å². The molecule has 0 aliphatic rings. The maximum Gasteiger partial charge on any atom is 0.208 e. The zero-order valence-electron chi connectivity index (χ0n) is 9.99. The number of halogens is 1. The van der Waals surface area contributed by atoms with Gasteiger partial charge in [-0.2, -0.15) is 5.26 Å². The number of carbonyl (C=O) groups excluding carboxylic acids is 1. The average molecular weight is 232 g/mol. The standard InChI is InChI=1S/C13H13FN2O/c1-9(16(2)3)11(8-15)13(17)10-6-4-5-7-12(10)14/h4-7H,1-3H3. The fourth-order valence-corrected chi connectivity index (χ4v) is 1.30. The Morgan fingerprint density at radius 3 is 2.41 bits per heavy atom. The number of hydrogen-bond acceptors (Lipinski definition) is 3. The van der Waals surface area contributed by atoms with Gasteiger partial charge in [-0.05, 0) is 19.1 Å².